The fourth-order valence-corrected chi connectivity index (χ4v) is 3.00. The summed E-state index contributed by atoms with van der Waals surface area (Å²) < 4.78 is 3.86. The molecule has 2 rings (SSSR count). The molecule has 0 atom stereocenters. The second-order valence-electron chi connectivity index (χ2n) is 4.96. The third-order valence-electron chi connectivity index (χ3n) is 3.03. The van der Waals surface area contributed by atoms with E-state index >= 15 is 0 Å². The number of amides is 1. The van der Waals surface area contributed by atoms with Crippen LogP contribution in [0.2, 0.25) is 0 Å². The summed E-state index contributed by atoms with van der Waals surface area (Å²) >= 11 is 6.15. The maximum atomic E-state index is 12.4. The summed E-state index contributed by atoms with van der Waals surface area (Å²) in [6.07, 6.45) is 0. The molecule has 0 saturated carbocycles. The van der Waals surface area contributed by atoms with E-state index in [2.05, 4.69) is 14.9 Å². The third-order valence-corrected chi connectivity index (χ3v) is 3.98. The fourth-order valence-electron chi connectivity index (χ4n) is 2.01. The van der Waals surface area contributed by atoms with Gasteiger partial charge in [0.25, 0.3) is 5.91 Å². The Hall–Kier alpha value is -1.86. The van der Waals surface area contributed by atoms with Crippen LogP contribution in [-0.4, -0.2) is 20.5 Å². The number of nitrogens with zero attached hydrogens (tertiary/aromatic N) is 2. The standard InChI is InChI=1S/C14H16N4OS2/c1-7(2)11-12(21-18-17-11)14(19)16-9-6-4-5-8(3)10(9)13(15)20/h4-7H,1-3H3,(H2,15,20)(H,16,19). The van der Waals surface area contributed by atoms with Gasteiger partial charge >= 0.3 is 0 Å². The zero-order chi connectivity index (χ0) is 15.6. The highest BCUT2D eigenvalue weighted by Crippen LogP contribution is 2.24. The van der Waals surface area contributed by atoms with Crippen LogP contribution in [0.15, 0.2) is 18.2 Å². The second kappa shape index (κ2) is 6.28. The van der Waals surface area contributed by atoms with Crippen molar-refractivity contribution < 1.29 is 4.79 Å². The van der Waals surface area contributed by atoms with Crippen molar-refractivity contribution in [2.45, 2.75) is 26.7 Å². The average molecular weight is 320 g/mol. The van der Waals surface area contributed by atoms with Gasteiger partial charge in [-0.05, 0) is 36.0 Å². The molecule has 1 aromatic heterocycles. The van der Waals surface area contributed by atoms with Gasteiger partial charge in [0.05, 0.1) is 11.4 Å². The lowest BCUT2D eigenvalue weighted by molar-refractivity contribution is 0.102. The Morgan fingerprint density at radius 1 is 1.43 bits per heavy atom. The molecule has 3 N–H and O–H groups in total. The minimum Gasteiger partial charge on any atom is -0.389 e. The van der Waals surface area contributed by atoms with E-state index in [-0.39, 0.29) is 16.8 Å². The molecule has 1 heterocycles. The molecule has 0 aliphatic heterocycles. The summed E-state index contributed by atoms with van der Waals surface area (Å²) in [5.74, 6) is -0.103. The molecule has 2 aromatic rings. The number of hydrogen-bond acceptors (Lipinski definition) is 5. The molecular formula is C14H16N4OS2. The molecule has 1 amide bonds. The highest BCUT2D eigenvalue weighted by atomic mass is 32.1. The van der Waals surface area contributed by atoms with Gasteiger partial charge in [0.15, 0.2) is 0 Å². The Balaban J connectivity index is 2.34. The van der Waals surface area contributed by atoms with Crippen LogP contribution in [0.3, 0.4) is 0 Å². The van der Waals surface area contributed by atoms with E-state index < -0.39 is 0 Å². The van der Waals surface area contributed by atoms with Crippen molar-refractivity contribution in [3.8, 4) is 0 Å². The molecular weight excluding hydrogens is 304 g/mol. The smallest absolute Gasteiger partial charge is 0.269 e. The Kier molecular flexibility index (Phi) is 4.64. The van der Waals surface area contributed by atoms with Crippen LogP contribution in [0.5, 0.6) is 0 Å². The maximum absolute atomic E-state index is 12.4. The number of nitrogens with two attached hydrogens (primary N) is 1. The molecule has 0 aliphatic carbocycles. The fraction of sp³-hybridized carbons (Fsp3) is 0.286. The van der Waals surface area contributed by atoms with E-state index in [1.807, 2.05) is 32.9 Å². The number of nitrogens with one attached hydrogen (secondary N) is 1. The molecule has 0 unspecified atom stereocenters. The summed E-state index contributed by atoms with van der Waals surface area (Å²) in [7, 11) is 0. The zero-order valence-electron chi connectivity index (χ0n) is 12.0. The molecule has 0 radical (unpaired) electrons. The molecule has 110 valence electrons. The lowest BCUT2D eigenvalue weighted by Gasteiger charge is -2.12. The van der Waals surface area contributed by atoms with E-state index in [1.165, 1.54) is 0 Å². The summed E-state index contributed by atoms with van der Waals surface area (Å²) in [6, 6.07) is 5.53. The average Bonchev–Trinajstić information content (AvgIpc) is 2.87. The molecule has 1 aromatic carbocycles. The van der Waals surface area contributed by atoms with E-state index in [4.69, 9.17) is 18.0 Å². The highest BCUT2D eigenvalue weighted by molar-refractivity contribution is 7.80. The van der Waals surface area contributed by atoms with E-state index in [0.717, 1.165) is 17.1 Å². The predicted octanol–water partition coefficient (Wildman–Crippen LogP) is 2.86. The van der Waals surface area contributed by atoms with Crippen LogP contribution >= 0.6 is 23.8 Å². The SMILES string of the molecule is Cc1cccc(NC(=O)c2snnc2C(C)C)c1C(N)=S. The van der Waals surface area contributed by atoms with Crippen molar-refractivity contribution in [1.82, 2.24) is 9.59 Å². The van der Waals surface area contributed by atoms with Crippen LogP contribution in [0.1, 0.15) is 46.3 Å². The van der Waals surface area contributed by atoms with Crippen molar-refractivity contribution >= 4 is 40.3 Å². The van der Waals surface area contributed by atoms with Crippen LogP contribution < -0.4 is 11.1 Å². The maximum Gasteiger partial charge on any atom is 0.269 e. The van der Waals surface area contributed by atoms with Gasteiger partial charge in [0.1, 0.15) is 9.87 Å². The van der Waals surface area contributed by atoms with Gasteiger partial charge < -0.3 is 11.1 Å². The zero-order valence-corrected chi connectivity index (χ0v) is 13.6. The van der Waals surface area contributed by atoms with Crippen LogP contribution in [0.4, 0.5) is 5.69 Å². The highest BCUT2D eigenvalue weighted by Gasteiger charge is 2.20. The normalized spacial score (nSPS) is 10.7. The Labute approximate surface area is 132 Å². The van der Waals surface area contributed by atoms with Crippen molar-refractivity contribution in [2.75, 3.05) is 5.32 Å². The van der Waals surface area contributed by atoms with Crippen LogP contribution in [0, 0.1) is 6.92 Å². The lowest BCUT2D eigenvalue weighted by Crippen LogP contribution is -2.19. The second-order valence-corrected chi connectivity index (χ2v) is 6.15. The number of rotatable bonds is 4. The third kappa shape index (κ3) is 3.25. The number of benzene rings is 1. The van der Waals surface area contributed by atoms with E-state index in [1.54, 1.807) is 6.07 Å². The number of aromatic nitrogens is 2. The lowest BCUT2D eigenvalue weighted by atomic mass is 10.1. The van der Waals surface area contributed by atoms with Gasteiger partial charge in [-0.2, -0.15) is 0 Å². The molecule has 0 fully saturated rings. The van der Waals surface area contributed by atoms with E-state index in [9.17, 15) is 4.79 Å². The Bertz CT molecular complexity index is 694. The first kappa shape index (κ1) is 15.5. The van der Waals surface area contributed by atoms with Crippen molar-refractivity contribution in [2.24, 2.45) is 5.73 Å². The van der Waals surface area contributed by atoms with Gasteiger partial charge in [-0.25, -0.2) is 0 Å². The molecule has 0 aliphatic rings. The molecule has 21 heavy (non-hydrogen) atoms. The molecule has 5 nitrogen and oxygen atoms in total. The Morgan fingerprint density at radius 2 is 2.14 bits per heavy atom. The molecule has 0 bridgehead atoms. The summed E-state index contributed by atoms with van der Waals surface area (Å²) in [6.45, 7) is 5.85. The number of thiocarbonyl (C=S) groups is 1. The first-order chi connectivity index (χ1) is 9.91. The first-order valence-corrected chi connectivity index (χ1v) is 7.63. The Morgan fingerprint density at radius 3 is 2.76 bits per heavy atom. The minimum absolute atomic E-state index is 0.136. The van der Waals surface area contributed by atoms with Crippen molar-refractivity contribution in [3.05, 3.63) is 39.9 Å². The van der Waals surface area contributed by atoms with Gasteiger partial charge in [0, 0.05) is 5.56 Å². The number of anilines is 1. The predicted molar refractivity (Wildman–Crippen MR) is 89.0 cm³/mol. The van der Waals surface area contributed by atoms with Crippen LogP contribution in [0.25, 0.3) is 0 Å². The monoisotopic (exact) mass is 320 g/mol. The summed E-state index contributed by atoms with van der Waals surface area (Å²) in [5, 5.41) is 6.87. The minimum atomic E-state index is -0.239. The number of carbonyl (C=O) groups is 1. The number of hydrogen-bond donors (Lipinski definition) is 2. The molecule has 0 spiro atoms. The van der Waals surface area contributed by atoms with Crippen LogP contribution in [-0.2, 0) is 0 Å². The van der Waals surface area contributed by atoms with Gasteiger partial charge in [-0.15, -0.1) is 5.10 Å². The number of aryl methyl sites for hydroxylation is 1. The first-order valence-electron chi connectivity index (χ1n) is 6.44. The molecule has 7 heteroatoms. The quantitative estimate of drug-likeness (QED) is 0.847. The van der Waals surface area contributed by atoms with Crippen molar-refractivity contribution in [3.63, 3.8) is 0 Å². The van der Waals surface area contributed by atoms with Gasteiger partial charge in [-0.1, -0.05) is 42.7 Å². The summed E-state index contributed by atoms with van der Waals surface area (Å²) in [5.41, 5.74) is 8.66. The largest absolute Gasteiger partial charge is 0.389 e. The van der Waals surface area contributed by atoms with Gasteiger partial charge in [0.2, 0.25) is 0 Å². The number of carbonyl (C=O) groups excluding carboxylic acids is 1. The topological polar surface area (TPSA) is 80.9 Å². The van der Waals surface area contributed by atoms with Gasteiger partial charge in [-0.3, -0.25) is 4.79 Å². The summed E-state index contributed by atoms with van der Waals surface area (Å²) in [4.78, 5) is 13.2. The van der Waals surface area contributed by atoms with E-state index in [0.29, 0.717) is 21.8 Å². The van der Waals surface area contributed by atoms with Crippen molar-refractivity contribution in [1.29, 1.82) is 0 Å². The molecule has 0 saturated heterocycles.